The number of hydrogen-bond acceptors (Lipinski definition) is 4. The Balaban J connectivity index is 1.76. The van der Waals surface area contributed by atoms with Gasteiger partial charge >= 0.3 is 0 Å². The first kappa shape index (κ1) is 25.0. The average molecular weight is 503 g/mol. The van der Waals surface area contributed by atoms with Crippen molar-refractivity contribution < 1.29 is 20.4 Å². The maximum Gasteiger partial charge on any atom is 0.119 e. The maximum absolute atomic E-state index is 11.2. The maximum atomic E-state index is 11.2. The lowest BCUT2D eigenvalue weighted by atomic mass is 9.79. The molecule has 38 heavy (non-hydrogen) atoms. The molecule has 0 fully saturated rings. The fourth-order valence-corrected chi connectivity index (χ4v) is 5.03. The van der Waals surface area contributed by atoms with Crippen LogP contribution in [-0.4, -0.2) is 20.4 Å². The van der Waals surface area contributed by atoms with Crippen LogP contribution < -0.4 is 0 Å². The molecule has 0 bridgehead atoms. The van der Waals surface area contributed by atoms with Crippen LogP contribution in [0.3, 0.4) is 0 Å². The van der Waals surface area contributed by atoms with Crippen molar-refractivity contribution >= 4 is 0 Å². The molecule has 0 saturated carbocycles. The van der Waals surface area contributed by atoms with Gasteiger partial charge in [0.2, 0.25) is 0 Å². The monoisotopic (exact) mass is 502 g/mol. The summed E-state index contributed by atoms with van der Waals surface area (Å²) >= 11 is 0. The van der Waals surface area contributed by atoms with Crippen molar-refractivity contribution in [2.24, 2.45) is 0 Å². The van der Waals surface area contributed by atoms with Gasteiger partial charge in [-0.1, -0.05) is 48.5 Å². The van der Waals surface area contributed by atoms with Crippen molar-refractivity contribution in [3.8, 4) is 45.3 Å². The van der Waals surface area contributed by atoms with Crippen LogP contribution in [0.1, 0.15) is 39.3 Å². The molecule has 4 nitrogen and oxygen atoms in total. The zero-order valence-corrected chi connectivity index (χ0v) is 21.6. The molecule has 4 heteroatoms. The fraction of sp³-hybridized carbons (Fsp3) is 0.118. The van der Waals surface area contributed by atoms with Crippen LogP contribution in [0, 0.1) is 20.8 Å². The normalized spacial score (nSPS) is 11.2. The Bertz CT molecular complexity index is 1520. The molecule has 0 unspecified atom stereocenters. The molecule has 5 aromatic carbocycles. The largest absolute Gasteiger partial charge is 0.508 e. The zero-order valence-electron chi connectivity index (χ0n) is 21.6. The van der Waals surface area contributed by atoms with Gasteiger partial charge in [-0.25, -0.2) is 0 Å². The molecule has 4 N–H and O–H groups in total. The molecule has 0 atom stereocenters. The summed E-state index contributed by atoms with van der Waals surface area (Å²) in [7, 11) is 0. The molecular weight excluding hydrogens is 472 g/mol. The molecule has 0 aliphatic carbocycles. The molecule has 5 rings (SSSR count). The van der Waals surface area contributed by atoms with Crippen LogP contribution in [0.2, 0.25) is 0 Å². The van der Waals surface area contributed by atoms with Gasteiger partial charge in [0.05, 0.1) is 0 Å². The molecule has 0 spiro atoms. The van der Waals surface area contributed by atoms with Crippen molar-refractivity contribution in [1.82, 2.24) is 0 Å². The van der Waals surface area contributed by atoms with E-state index in [4.69, 9.17) is 0 Å². The minimum Gasteiger partial charge on any atom is -0.508 e. The van der Waals surface area contributed by atoms with Crippen molar-refractivity contribution in [3.63, 3.8) is 0 Å². The third-order valence-electron chi connectivity index (χ3n) is 7.27. The topological polar surface area (TPSA) is 80.9 Å². The summed E-state index contributed by atoms with van der Waals surface area (Å²) < 4.78 is 0. The van der Waals surface area contributed by atoms with E-state index in [-0.39, 0.29) is 23.0 Å². The van der Waals surface area contributed by atoms with E-state index < -0.39 is 5.92 Å². The number of benzene rings is 5. The molecule has 0 saturated heterocycles. The van der Waals surface area contributed by atoms with E-state index >= 15 is 0 Å². The minimum atomic E-state index is -0.455. The third-order valence-corrected chi connectivity index (χ3v) is 7.27. The highest BCUT2D eigenvalue weighted by molar-refractivity contribution is 5.71. The number of hydrogen-bond donors (Lipinski definition) is 4. The standard InChI is InChI=1S/C34H30O4/c1-20-16-22(3)29(17-21(20)2)34(30-18-25(8-14-32(30)37)23-4-10-27(35)11-5-23)31-19-26(9-15-33(31)38)24-6-12-28(36)13-7-24/h4-19,34-38H,1-3H3. The number of phenolic OH excluding ortho intramolecular Hbond substituents is 4. The summed E-state index contributed by atoms with van der Waals surface area (Å²) in [5.41, 5.74) is 9.26. The lowest BCUT2D eigenvalue weighted by Gasteiger charge is -2.25. The highest BCUT2D eigenvalue weighted by Gasteiger charge is 2.26. The van der Waals surface area contributed by atoms with E-state index in [0.29, 0.717) is 11.1 Å². The van der Waals surface area contributed by atoms with Crippen LogP contribution >= 0.6 is 0 Å². The molecule has 0 aromatic heterocycles. The predicted octanol–water partition coefficient (Wildman–Crippen LogP) is 7.95. The Morgan fingerprint density at radius 1 is 0.395 bits per heavy atom. The Hall–Kier alpha value is -4.70. The summed E-state index contributed by atoms with van der Waals surface area (Å²) in [5.74, 6) is 0.178. The van der Waals surface area contributed by atoms with Gasteiger partial charge in [0.1, 0.15) is 23.0 Å². The number of aryl methyl sites for hydroxylation is 3. The molecule has 0 aliphatic heterocycles. The fourth-order valence-electron chi connectivity index (χ4n) is 5.03. The Labute approximate surface area is 222 Å². The number of rotatable bonds is 5. The van der Waals surface area contributed by atoms with Gasteiger partial charge in [0.15, 0.2) is 0 Å². The molecule has 0 aliphatic rings. The van der Waals surface area contributed by atoms with Gasteiger partial charge in [0.25, 0.3) is 0 Å². The number of phenols is 4. The summed E-state index contributed by atoms with van der Waals surface area (Å²) in [4.78, 5) is 0. The predicted molar refractivity (Wildman–Crippen MR) is 152 cm³/mol. The van der Waals surface area contributed by atoms with Crippen LogP contribution in [0.25, 0.3) is 22.3 Å². The van der Waals surface area contributed by atoms with Crippen LogP contribution in [-0.2, 0) is 0 Å². The van der Waals surface area contributed by atoms with Gasteiger partial charge in [-0.3, -0.25) is 0 Å². The van der Waals surface area contributed by atoms with E-state index in [1.165, 1.54) is 5.56 Å². The summed E-state index contributed by atoms with van der Waals surface area (Å²) in [6.07, 6.45) is 0. The summed E-state index contributed by atoms with van der Waals surface area (Å²) in [5, 5.41) is 41.9. The van der Waals surface area contributed by atoms with Crippen LogP contribution in [0.5, 0.6) is 23.0 Å². The highest BCUT2D eigenvalue weighted by atomic mass is 16.3. The number of aromatic hydroxyl groups is 4. The molecule has 0 radical (unpaired) electrons. The SMILES string of the molecule is Cc1cc(C)c(C(c2cc(-c3ccc(O)cc3)ccc2O)c2cc(-c3ccc(O)cc3)ccc2O)cc1C. The Kier molecular flexibility index (Phi) is 6.56. The molecule has 190 valence electrons. The zero-order chi connectivity index (χ0) is 27.0. The molecular formula is C34H30O4. The Morgan fingerprint density at radius 2 is 0.789 bits per heavy atom. The van der Waals surface area contributed by atoms with Gasteiger partial charge in [0, 0.05) is 17.0 Å². The second-order valence-corrected chi connectivity index (χ2v) is 9.87. The van der Waals surface area contributed by atoms with E-state index in [1.807, 2.05) is 48.5 Å². The van der Waals surface area contributed by atoms with Gasteiger partial charge in [-0.05, 0) is 114 Å². The van der Waals surface area contributed by atoms with E-state index in [0.717, 1.165) is 38.9 Å². The summed E-state index contributed by atoms with van der Waals surface area (Å²) in [6, 6.07) is 29.1. The minimum absolute atomic E-state index is 0.129. The average Bonchev–Trinajstić information content (AvgIpc) is 2.90. The van der Waals surface area contributed by atoms with Crippen molar-refractivity contribution in [2.45, 2.75) is 26.7 Å². The first-order valence-corrected chi connectivity index (χ1v) is 12.5. The van der Waals surface area contributed by atoms with Gasteiger partial charge < -0.3 is 20.4 Å². The quantitative estimate of drug-likeness (QED) is 0.184. The van der Waals surface area contributed by atoms with Gasteiger partial charge in [-0.15, -0.1) is 0 Å². The first-order chi connectivity index (χ1) is 18.2. The highest BCUT2D eigenvalue weighted by Crippen LogP contribution is 2.44. The lowest BCUT2D eigenvalue weighted by Crippen LogP contribution is -2.08. The van der Waals surface area contributed by atoms with Crippen LogP contribution in [0.15, 0.2) is 97.1 Å². The van der Waals surface area contributed by atoms with Crippen molar-refractivity contribution in [2.75, 3.05) is 0 Å². The van der Waals surface area contributed by atoms with E-state index in [2.05, 4.69) is 32.9 Å². The smallest absolute Gasteiger partial charge is 0.119 e. The van der Waals surface area contributed by atoms with Gasteiger partial charge in [-0.2, -0.15) is 0 Å². The molecule has 5 aromatic rings. The molecule has 0 amide bonds. The van der Waals surface area contributed by atoms with Crippen LogP contribution in [0.4, 0.5) is 0 Å². The van der Waals surface area contributed by atoms with E-state index in [1.54, 1.807) is 36.4 Å². The van der Waals surface area contributed by atoms with Crippen molar-refractivity contribution in [3.05, 3.63) is 130 Å². The second kappa shape index (κ2) is 9.98. The molecule has 0 heterocycles. The van der Waals surface area contributed by atoms with Crippen molar-refractivity contribution in [1.29, 1.82) is 0 Å². The third kappa shape index (κ3) is 4.81. The second-order valence-electron chi connectivity index (χ2n) is 9.87. The van der Waals surface area contributed by atoms with E-state index in [9.17, 15) is 20.4 Å². The lowest BCUT2D eigenvalue weighted by molar-refractivity contribution is 0.458. The Morgan fingerprint density at radius 3 is 1.24 bits per heavy atom. The summed E-state index contributed by atoms with van der Waals surface area (Å²) in [6.45, 7) is 6.19. The first-order valence-electron chi connectivity index (χ1n) is 12.5.